The number of hydrogen-bond donors (Lipinski definition) is 3. The Labute approximate surface area is 189 Å². The molecule has 0 saturated carbocycles. The maximum atomic E-state index is 12.1. The normalized spacial score (nSPS) is 11.4. The van der Waals surface area contributed by atoms with Crippen LogP contribution in [-0.4, -0.2) is 38.5 Å². The van der Waals surface area contributed by atoms with E-state index in [1.807, 2.05) is 18.2 Å². The van der Waals surface area contributed by atoms with Crippen LogP contribution in [0.5, 0.6) is 0 Å². The van der Waals surface area contributed by atoms with Gasteiger partial charge in [-0.2, -0.15) is 0 Å². The molecule has 28 heavy (non-hydrogen) atoms. The fourth-order valence-electron chi connectivity index (χ4n) is 2.61. The molecule has 0 aliphatic carbocycles. The molecule has 1 amide bonds. The summed E-state index contributed by atoms with van der Waals surface area (Å²) in [6.45, 7) is 6.13. The van der Waals surface area contributed by atoms with Crippen LogP contribution in [0.1, 0.15) is 29.8 Å². The van der Waals surface area contributed by atoms with Crippen LogP contribution >= 0.6 is 35.6 Å². The van der Waals surface area contributed by atoms with Gasteiger partial charge in [-0.25, -0.2) is 0 Å². The van der Waals surface area contributed by atoms with E-state index in [0.29, 0.717) is 29.6 Å². The summed E-state index contributed by atoms with van der Waals surface area (Å²) in [7, 11) is 1.73. The molecule has 0 fully saturated rings. The summed E-state index contributed by atoms with van der Waals surface area (Å²) in [5.74, 6) is 0.515. The third-order valence-corrected chi connectivity index (χ3v) is 4.63. The number of halogens is 2. The van der Waals surface area contributed by atoms with Crippen molar-refractivity contribution in [1.29, 1.82) is 0 Å². The molecule has 0 aliphatic rings. The van der Waals surface area contributed by atoms with Crippen molar-refractivity contribution in [3.63, 3.8) is 0 Å². The van der Waals surface area contributed by atoms with Gasteiger partial charge in [0.1, 0.15) is 0 Å². The lowest BCUT2D eigenvalue weighted by Crippen LogP contribution is -2.45. The van der Waals surface area contributed by atoms with Crippen LogP contribution in [0.3, 0.4) is 0 Å². The predicted molar refractivity (Wildman–Crippen MR) is 128 cm³/mol. The number of hydrogen-bond acceptors (Lipinski definition) is 2. The number of benzene rings is 2. The minimum Gasteiger partial charge on any atom is -0.356 e. The van der Waals surface area contributed by atoms with E-state index in [2.05, 4.69) is 46.9 Å². The highest BCUT2D eigenvalue weighted by Gasteiger charge is 2.20. The number of rotatable bonds is 7. The molecular weight excluding hydrogens is 487 g/mol. The first-order valence-corrected chi connectivity index (χ1v) is 9.34. The van der Waals surface area contributed by atoms with E-state index in [1.54, 1.807) is 31.3 Å². The average Bonchev–Trinajstić information content (AvgIpc) is 2.68. The van der Waals surface area contributed by atoms with Gasteiger partial charge in [-0.05, 0) is 17.7 Å². The lowest BCUT2D eigenvalue weighted by molar-refractivity contribution is 0.0954. The summed E-state index contributed by atoms with van der Waals surface area (Å²) < 4.78 is 0. The Morgan fingerprint density at radius 2 is 1.57 bits per heavy atom. The van der Waals surface area contributed by atoms with Crippen LogP contribution in [0.4, 0.5) is 0 Å². The molecule has 0 bridgehead atoms. The molecule has 2 aromatic carbocycles. The van der Waals surface area contributed by atoms with Gasteiger partial charge in [-0.3, -0.25) is 9.79 Å². The van der Waals surface area contributed by atoms with E-state index in [4.69, 9.17) is 11.6 Å². The number of carbonyl (C=O) groups excluding carboxylic acids is 1. The molecule has 0 heterocycles. The van der Waals surface area contributed by atoms with Crippen LogP contribution in [-0.2, 0) is 5.41 Å². The van der Waals surface area contributed by atoms with E-state index in [0.717, 1.165) is 6.54 Å². The molecular formula is C21H28ClIN4O. The van der Waals surface area contributed by atoms with Gasteiger partial charge in [0.2, 0.25) is 0 Å². The third-order valence-electron chi connectivity index (χ3n) is 4.30. The standard InChI is InChI=1S/C21H27ClN4O.HI/c1-21(2,16-9-5-4-6-10-16)15-26-20(23-3)25-14-13-24-19(27)17-11-7-8-12-18(17)22;/h4-12H,13-15H2,1-3H3,(H,24,27)(H2,23,25,26);1H. The summed E-state index contributed by atoms with van der Waals surface area (Å²) in [5, 5.41) is 9.84. The summed E-state index contributed by atoms with van der Waals surface area (Å²) in [6, 6.07) is 17.4. The van der Waals surface area contributed by atoms with Crippen molar-refractivity contribution in [3.8, 4) is 0 Å². The number of carbonyl (C=O) groups is 1. The van der Waals surface area contributed by atoms with Crippen molar-refractivity contribution in [3.05, 3.63) is 70.7 Å². The number of amides is 1. The van der Waals surface area contributed by atoms with Crippen molar-refractivity contribution in [2.75, 3.05) is 26.7 Å². The molecule has 0 radical (unpaired) electrons. The predicted octanol–water partition coefficient (Wildman–Crippen LogP) is 3.83. The van der Waals surface area contributed by atoms with Crippen molar-refractivity contribution in [2.45, 2.75) is 19.3 Å². The Balaban J connectivity index is 0.00000392. The van der Waals surface area contributed by atoms with Crippen LogP contribution in [0, 0.1) is 0 Å². The minimum absolute atomic E-state index is 0. The van der Waals surface area contributed by atoms with Gasteiger partial charge < -0.3 is 16.0 Å². The van der Waals surface area contributed by atoms with E-state index < -0.39 is 0 Å². The van der Waals surface area contributed by atoms with Gasteiger partial charge in [0.05, 0.1) is 10.6 Å². The Morgan fingerprint density at radius 3 is 2.21 bits per heavy atom. The number of aliphatic imine (C=N–C) groups is 1. The highest BCUT2D eigenvalue weighted by atomic mass is 127. The van der Waals surface area contributed by atoms with Crippen molar-refractivity contribution >= 4 is 47.4 Å². The molecule has 0 aliphatic heterocycles. The molecule has 0 aromatic heterocycles. The Morgan fingerprint density at radius 1 is 0.964 bits per heavy atom. The van der Waals surface area contributed by atoms with Crippen LogP contribution in [0.25, 0.3) is 0 Å². The molecule has 5 nitrogen and oxygen atoms in total. The average molecular weight is 515 g/mol. The smallest absolute Gasteiger partial charge is 0.252 e. The molecule has 0 unspecified atom stereocenters. The molecule has 2 aromatic rings. The summed E-state index contributed by atoms with van der Waals surface area (Å²) in [5.41, 5.74) is 1.71. The Hall–Kier alpha value is -1.80. The molecule has 0 spiro atoms. The molecule has 0 saturated heterocycles. The summed E-state index contributed by atoms with van der Waals surface area (Å²) in [4.78, 5) is 16.4. The van der Waals surface area contributed by atoms with Crippen molar-refractivity contribution in [2.24, 2.45) is 4.99 Å². The second kappa shape index (κ2) is 11.9. The number of guanidine groups is 1. The lowest BCUT2D eigenvalue weighted by Gasteiger charge is -2.26. The first-order valence-electron chi connectivity index (χ1n) is 8.97. The van der Waals surface area contributed by atoms with Crippen molar-refractivity contribution in [1.82, 2.24) is 16.0 Å². The topological polar surface area (TPSA) is 65.5 Å². The molecule has 3 N–H and O–H groups in total. The first-order chi connectivity index (χ1) is 12.9. The first kappa shape index (κ1) is 24.2. The van der Waals surface area contributed by atoms with E-state index in [9.17, 15) is 4.79 Å². The van der Waals surface area contributed by atoms with Gasteiger partial charge in [0, 0.05) is 32.1 Å². The highest BCUT2D eigenvalue weighted by Crippen LogP contribution is 2.21. The monoisotopic (exact) mass is 514 g/mol. The lowest BCUT2D eigenvalue weighted by atomic mass is 9.85. The SMILES string of the molecule is CN=C(NCCNC(=O)c1ccccc1Cl)NCC(C)(C)c1ccccc1.I. The zero-order valence-corrected chi connectivity index (χ0v) is 19.5. The van der Waals surface area contributed by atoms with Crippen LogP contribution < -0.4 is 16.0 Å². The zero-order chi connectivity index (χ0) is 19.7. The molecule has 0 atom stereocenters. The third kappa shape index (κ3) is 7.31. The molecule has 2 rings (SSSR count). The Bertz CT molecular complexity index is 781. The quantitative estimate of drug-likeness (QED) is 0.228. The van der Waals surface area contributed by atoms with Gasteiger partial charge in [-0.15, -0.1) is 24.0 Å². The maximum absolute atomic E-state index is 12.1. The summed E-state index contributed by atoms with van der Waals surface area (Å²) in [6.07, 6.45) is 0. The zero-order valence-electron chi connectivity index (χ0n) is 16.5. The highest BCUT2D eigenvalue weighted by molar-refractivity contribution is 14.0. The van der Waals surface area contributed by atoms with Crippen LogP contribution in [0.15, 0.2) is 59.6 Å². The van der Waals surface area contributed by atoms with Gasteiger partial charge in [0.15, 0.2) is 5.96 Å². The fraction of sp³-hybridized carbons (Fsp3) is 0.333. The van der Waals surface area contributed by atoms with Gasteiger partial charge in [0.25, 0.3) is 5.91 Å². The number of nitrogens with zero attached hydrogens (tertiary/aromatic N) is 1. The molecule has 152 valence electrons. The number of nitrogens with one attached hydrogen (secondary N) is 3. The molecule has 7 heteroatoms. The van der Waals surface area contributed by atoms with Crippen molar-refractivity contribution < 1.29 is 4.79 Å². The van der Waals surface area contributed by atoms with E-state index in [1.165, 1.54) is 5.56 Å². The fourth-order valence-corrected chi connectivity index (χ4v) is 2.84. The van der Waals surface area contributed by atoms with Gasteiger partial charge >= 0.3 is 0 Å². The minimum atomic E-state index is -0.185. The van der Waals surface area contributed by atoms with Gasteiger partial charge in [-0.1, -0.05) is 67.9 Å². The van der Waals surface area contributed by atoms with Crippen LogP contribution in [0.2, 0.25) is 5.02 Å². The van der Waals surface area contributed by atoms with E-state index >= 15 is 0 Å². The second-order valence-corrected chi connectivity index (χ2v) is 7.25. The second-order valence-electron chi connectivity index (χ2n) is 6.84. The maximum Gasteiger partial charge on any atom is 0.252 e. The van der Waals surface area contributed by atoms with E-state index in [-0.39, 0.29) is 35.3 Å². The largest absolute Gasteiger partial charge is 0.356 e. The Kier molecular flexibility index (Phi) is 10.3. The summed E-state index contributed by atoms with van der Waals surface area (Å²) >= 11 is 6.03.